The van der Waals surface area contributed by atoms with E-state index in [9.17, 15) is 0 Å². The highest BCUT2D eigenvalue weighted by atomic mass is 15.1. The summed E-state index contributed by atoms with van der Waals surface area (Å²) in [6.45, 7) is 15.5. The van der Waals surface area contributed by atoms with Gasteiger partial charge in [-0.15, -0.1) is 0 Å². The lowest BCUT2D eigenvalue weighted by atomic mass is 9.97. The molecule has 34 heavy (non-hydrogen) atoms. The number of nitrogens with zero attached hydrogens (tertiary/aromatic N) is 2. The van der Waals surface area contributed by atoms with E-state index in [1.807, 2.05) is 0 Å². The van der Waals surface area contributed by atoms with Crippen molar-refractivity contribution in [2.75, 3.05) is 13.6 Å². The van der Waals surface area contributed by atoms with Crippen molar-refractivity contribution in [2.24, 2.45) is 11.8 Å². The summed E-state index contributed by atoms with van der Waals surface area (Å²) in [5.41, 5.74) is 8.17. The Labute approximate surface area is 207 Å². The number of fused-ring (bicyclic) bond motifs is 1. The Balaban J connectivity index is 1.33. The largest absolute Gasteiger partial charge is 0.347 e. The maximum absolute atomic E-state index is 4.24. The Morgan fingerprint density at radius 3 is 2.59 bits per heavy atom. The highest BCUT2D eigenvalue weighted by molar-refractivity contribution is 5.94. The van der Waals surface area contributed by atoms with Gasteiger partial charge in [-0.25, -0.2) is 0 Å². The minimum Gasteiger partial charge on any atom is -0.347 e. The summed E-state index contributed by atoms with van der Waals surface area (Å²) in [6, 6.07) is 16.6. The van der Waals surface area contributed by atoms with Crippen molar-refractivity contribution in [3.63, 3.8) is 0 Å². The van der Waals surface area contributed by atoms with Crippen molar-refractivity contribution in [2.45, 2.75) is 78.8 Å². The second-order valence-electron chi connectivity index (χ2n) is 10.9. The summed E-state index contributed by atoms with van der Waals surface area (Å²) >= 11 is 0. The van der Waals surface area contributed by atoms with Gasteiger partial charge in [0.25, 0.3) is 0 Å². The topological polar surface area (TPSA) is 8.17 Å². The fourth-order valence-corrected chi connectivity index (χ4v) is 6.22. The second kappa shape index (κ2) is 11.0. The van der Waals surface area contributed by atoms with Crippen LogP contribution in [0.4, 0.5) is 0 Å². The molecule has 2 aromatic carbocycles. The van der Waals surface area contributed by atoms with Crippen LogP contribution < -0.4 is 0 Å². The number of hydrogen-bond donors (Lipinski definition) is 0. The van der Waals surface area contributed by atoms with Crippen LogP contribution in [0.5, 0.6) is 0 Å². The molecule has 4 rings (SSSR count). The minimum absolute atomic E-state index is 0.724. The summed E-state index contributed by atoms with van der Waals surface area (Å²) in [6.07, 6.45) is 9.88. The van der Waals surface area contributed by atoms with Gasteiger partial charge in [-0.2, -0.15) is 0 Å². The summed E-state index contributed by atoms with van der Waals surface area (Å²) in [5.74, 6) is 1.66. The van der Waals surface area contributed by atoms with E-state index in [0.717, 1.165) is 43.0 Å². The van der Waals surface area contributed by atoms with Crippen LogP contribution in [-0.2, 0) is 19.4 Å². The molecule has 0 radical (unpaired) electrons. The van der Waals surface area contributed by atoms with Crippen LogP contribution in [0, 0.1) is 18.8 Å². The average molecular weight is 457 g/mol. The van der Waals surface area contributed by atoms with Gasteiger partial charge in [-0.1, -0.05) is 68.5 Å². The first-order valence-electron chi connectivity index (χ1n) is 13.4. The van der Waals surface area contributed by atoms with Crippen LogP contribution in [0.25, 0.3) is 16.5 Å². The van der Waals surface area contributed by atoms with Gasteiger partial charge >= 0.3 is 0 Å². The number of aromatic nitrogens is 1. The van der Waals surface area contributed by atoms with E-state index in [1.165, 1.54) is 65.3 Å². The second-order valence-corrected chi connectivity index (χ2v) is 10.9. The van der Waals surface area contributed by atoms with Crippen LogP contribution in [0.2, 0.25) is 0 Å². The predicted molar refractivity (Wildman–Crippen MR) is 148 cm³/mol. The molecule has 182 valence electrons. The summed E-state index contributed by atoms with van der Waals surface area (Å²) in [5, 5.41) is 1.36. The Kier molecular flexibility index (Phi) is 7.99. The van der Waals surface area contributed by atoms with Gasteiger partial charge < -0.3 is 9.47 Å². The molecule has 0 bridgehead atoms. The molecule has 3 unspecified atom stereocenters. The van der Waals surface area contributed by atoms with Crippen molar-refractivity contribution in [3.8, 4) is 0 Å². The fraction of sp³-hybridized carbons (Fsp3) is 0.500. The highest BCUT2D eigenvalue weighted by Gasteiger charge is 2.33. The zero-order valence-electron chi connectivity index (χ0n) is 22.1. The maximum atomic E-state index is 4.24. The third kappa shape index (κ3) is 5.49. The first kappa shape index (κ1) is 24.8. The van der Waals surface area contributed by atoms with E-state index < -0.39 is 0 Å². The Morgan fingerprint density at radius 1 is 1.12 bits per heavy atom. The standard InChI is InChI=1S/C32H44N2/c1-7-28-10-8-11-29-30(23(2)3)22-34(32(28)29)19-9-18-33(6)31-21-27(20-25(31)5)17-16-26-14-12-24(4)13-15-26/h8,10-15,22,25,27,31H,2,7,9,16-21H2,1,3-6H3. The van der Waals surface area contributed by atoms with Gasteiger partial charge in [0.15, 0.2) is 0 Å². The van der Waals surface area contributed by atoms with Gasteiger partial charge in [-0.3, -0.25) is 0 Å². The number of allylic oxidation sites excluding steroid dienone is 1. The van der Waals surface area contributed by atoms with Crippen LogP contribution in [-0.4, -0.2) is 29.1 Å². The molecule has 0 saturated heterocycles. The van der Waals surface area contributed by atoms with Crippen molar-refractivity contribution in [3.05, 3.63) is 77.5 Å². The molecule has 2 nitrogen and oxygen atoms in total. The van der Waals surface area contributed by atoms with Crippen molar-refractivity contribution < 1.29 is 0 Å². The Hall–Kier alpha value is -2.32. The molecule has 1 aliphatic rings. The summed E-state index contributed by atoms with van der Waals surface area (Å²) in [7, 11) is 2.36. The molecule has 0 amide bonds. The first-order valence-corrected chi connectivity index (χ1v) is 13.4. The lowest BCUT2D eigenvalue weighted by Crippen LogP contribution is -2.34. The van der Waals surface area contributed by atoms with Crippen LogP contribution in [0.3, 0.4) is 0 Å². The van der Waals surface area contributed by atoms with E-state index in [-0.39, 0.29) is 0 Å². The third-order valence-corrected chi connectivity index (χ3v) is 8.20. The molecule has 1 aliphatic carbocycles. The molecule has 1 saturated carbocycles. The Bertz CT molecular complexity index is 1100. The normalized spacial score (nSPS) is 20.5. The first-order chi connectivity index (χ1) is 16.4. The van der Waals surface area contributed by atoms with E-state index in [2.05, 4.69) is 99.4 Å². The molecule has 1 heterocycles. The SMILES string of the molecule is C=C(C)c1cn(CCCN(C)C2CC(CCc3ccc(C)cc3)CC2C)c2c(CC)cccc12. The van der Waals surface area contributed by atoms with Gasteiger partial charge in [0.05, 0.1) is 5.52 Å². The zero-order valence-corrected chi connectivity index (χ0v) is 22.1. The van der Waals surface area contributed by atoms with Crippen molar-refractivity contribution in [1.29, 1.82) is 0 Å². The van der Waals surface area contributed by atoms with Gasteiger partial charge in [0, 0.05) is 29.7 Å². The number of para-hydroxylation sites is 1. The van der Waals surface area contributed by atoms with Crippen molar-refractivity contribution in [1.82, 2.24) is 9.47 Å². The van der Waals surface area contributed by atoms with E-state index in [0.29, 0.717) is 0 Å². The van der Waals surface area contributed by atoms with Gasteiger partial charge in [-0.05, 0) is 94.5 Å². The predicted octanol–water partition coefficient (Wildman–Crippen LogP) is 7.91. The summed E-state index contributed by atoms with van der Waals surface area (Å²) < 4.78 is 2.49. The molecule has 0 spiro atoms. The van der Waals surface area contributed by atoms with E-state index in [1.54, 1.807) is 0 Å². The molecular formula is C32H44N2. The lowest BCUT2D eigenvalue weighted by molar-refractivity contribution is 0.199. The lowest BCUT2D eigenvalue weighted by Gasteiger charge is -2.28. The number of rotatable bonds is 10. The minimum atomic E-state index is 0.724. The van der Waals surface area contributed by atoms with Crippen LogP contribution in [0.1, 0.15) is 68.7 Å². The Morgan fingerprint density at radius 2 is 1.88 bits per heavy atom. The molecule has 1 fully saturated rings. The van der Waals surface area contributed by atoms with E-state index in [4.69, 9.17) is 0 Å². The van der Waals surface area contributed by atoms with Gasteiger partial charge in [0.2, 0.25) is 0 Å². The molecule has 3 aromatic rings. The van der Waals surface area contributed by atoms with Crippen LogP contribution >= 0.6 is 0 Å². The van der Waals surface area contributed by atoms with E-state index >= 15 is 0 Å². The summed E-state index contributed by atoms with van der Waals surface area (Å²) in [4.78, 5) is 2.66. The molecule has 2 heteroatoms. The third-order valence-electron chi connectivity index (χ3n) is 8.20. The number of hydrogen-bond acceptors (Lipinski definition) is 1. The monoisotopic (exact) mass is 456 g/mol. The number of aryl methyl sites for hydroxylation is 4. The molecule has 3 atom stereocenters. The van der Waals surface area contributed by atoms with Crippen LogP contribution in [0.15, 0.2) is 55.2 Å². The quantitative estimate of drug-likeness (QED) is 0.301. The van der Waals surface area contributed by atoms with Gasteiger partial charge in [0.1, 0.15) is 0 Å². The average Bonchev–Trinajstić information content (AvgIpc) is 3.39. The highest BCUT2D eigenvalue weighted by Crippen LogP contribution is 2.37. The molecule has 0 N–H and O–H groups in total. The fourth-order valence-electron chi connectivity index (χ4n) is 6.22. The molecule has 0 aliphatic heterocycles. The smallest absolute Gasteiger partial charge is 0.0519 e. The number of benzene rings is 2. The maximum Gasteiger partial charge on any atom is 0.0519 e. The zero-order chi connectivity index (χ0) is 24.2. The van der Waals surface area contributed by atoms with Crippen molar-refractivity contribution >= 4 is 16.5 Å². The molecular weight excluding hydrogens is 412 g/mol. The molecule has 1 aromatic heterocycles.